The summed E-state index contributed by atoms with van der Waals surface area (Å²) in [5, 5.41) is 10.5. The summed E-state index contributed by atoms with van der Waals surface area (Å²) in [4.78, 5) is 72.9. The van der Waals surface area contributed by atoms with Crippen LogP contribution in [-0.4, -0.2) is 34.5 Å². The predicted molar refractivity (Wildman–Crippen MR) is 192 cm³/mol. The van der Waals surface area contributed by atoms with Crippen molar-refractivity contribution in [3.63, 3.8) is 0 Å². The number of rotatable bonds is 5. The molecule has 3 fully saturated rings. The average Bonchev–Trinajstić information content (AvgIpc) is 3.51. The van der Waals surface area contributed by atoms with E-state index in [4.69, 9.17) is 11.6 Å². The fraction of sp³-hybridized carbons (Fsp3) is 0.262. The maximum Gasteiger partial charge on any atom is 0.241 e. The second-order valence-corrected chi connectivity index (χ2v) is 14.9. The van der Waals surface area contributed by atoms with Gasteiger partial charge in [-0.3, -0.25) is 28.9 Å². The monoisotopic (exact) mass is 716 g/mol. The van der Waals surface area contributed by atoms with Gasteiger partial charge in [-0.2, -0.15) is 0 Å². The molecule has 0 spiro atoms. The van der Waals surface area contributed by atoms with Crippen molar-refractivity contribution in [2.75, 3.05) is 9.80 Å². The smallest absolute Gasteiger partial charge is 0.241 e. The molecule has 0 aromatic heterocycles. The Kier molecular flexibility index (Phi) is 7.84. The first-order valence-corrected chi connectivity index (χ1v) is 17.6. The first-order valence-electron chi connectivity index (χ1n) is 17.2. The van der Waals surface area contributed by atoms with E-state index in [-0.39, 0.29) is 41.0 Å². The number of benzene rings is 4. The van der Waals surface area contributed by atoms with Crippen molar-refractivity contribution >= 4 is 52.4 Å². The third kappa shape index (κ3) is 4.82. The molecule has 2 saturated heterocycles. The van der Waals surface area contributed by atoms with Gasteiger partial charge in [0.2, 0.25) is 23.6 Å². The number of anilines is 2. The van der Waals surface area contributed by atoms with Crippen LogP contribution in [0.4, 0.5) is 15.8 Å². The third-order valence-corrected chi connectivity index (χ3v) is 12.0. The van der Waals surface area contributed by atoms with E-state index < -0.39 is 58.5 Å². The Morgan fingerprint density at radius 2 is 1.44 bits per heavy atom. The van der Waals surface area contributed by atoms with Crippen molar-refractivity contribution in [3.05, 3.63) is 135 Å². The molecule has 2 heterocycles. The number of imide groups is 2. The van der Waals surface area contributed by atoms with Crippen molar-refractivity contribution in [1.29, 1.82) is 0 Å². The van der Waals surface area contributed by atoms with E-state index in [1.165, 1.54) is 17.0 Å². The number of carbonyl (C=O) groups is 5. The lowest BCUT2D eigenvalue weighted by atomic mass is 9.51. The van der Waals surface area contributed by atoms with Crippen LogP contribution in [0.25, 0.3) is 0 Å². The summed E-state index contributed by atoms with van der Waals surface area (Å²) in [7, 11) is 0. The largest absolute Gasteiger partial charge is 0.507 e. The van der Waals surface area contributed by atoms with E-state index in [0.717, 1.165) is 16.5 Å². The molecule has 6 unspecified atom stereocenters. The third-order valence-electron chi connectivity index (χ3n) is 11.7. The van der Waals surface area contributed by atoms with Crippen LogP contribution in [0.2, 0.25) is 5.02 Å². The van der Waals surface area contributed by atoms with Gasteiger partial charge in [-0.05, 0) is 98.7 Å². The van der Waals surface area contributed by atoms with Crippen LogP contribution in [0.1, 0.15) is 58.3 Å². The molecule has 8 nitrogen and oxygen atoms in total. The number of nitrogens with zero attached hydrogens (tertiary/aromatic N) is 2. The highest BCUT2D eigenvalue weighted by Crippen LogP contribution is 2.64. The number of amides is 4. The maximum absolute atomic E-state index is 14.6. The number of phenolic OH excluding ortho intramolecular Hbond substituents is 1. The SMILES string of the molecule is Cc1cc(C2C3=CCC4C(=O)N(c5ccc(C(=O)c6ccccc6)cc5)C(=O)C4C3CC3C(=O)N(c4ccc(F)c(Cl)c4)C(=O)C32C)cc(C)c1O. The molecule has 4 amide bonds. The van der Waals surface area contributed by atoms with Gasteiger partial charge >= 0.3 is 0 Å². The minimum absolute atomic E-state index is 0.121. The van der Waals surface area contributed by atoms with Crippen LogP contribution < -0.4 is 9.80 Å². The number of allylic oxidation sites excluding steroid dienone is 2. The highest BCUT2D eigenvalue weighted by molar-refractivity contribution is 6.32. The number of aromatic hydroxyl groups is 1. The highest BCUT2D eigenvalue weighted by Gasteiger charge is 2.67. The zero-order valence-electron chi connectivity index (χ0n) is 28.6. The van der Waals surface area contributed by atoms with Crippen molar-refractivity contribution in [3.8, 4) is 5.75 Å². The van der Waals surface area contributed by atoms with Crippen molar-refractivity contribution in [2.24, 2.45) is 29.1 Å². The Morgan fingerprint density at radius 3 is 2.10 bits per heavy atom. The van der Waals surface area contributed by atoms with Crippen LogP contribution in [0, 0.1) is 48.8 Å². The van der Waals surface area contributed by atoms with E-state index >= 15 is 0 Å². The molecule has 0 bridgehead atoms. The Labute approximate surface area is 304 Å². The fourth-order valence-electron chi connectivity index (χ4n) is 9.19. The number of aryl methyl sites for hydroxylation is 2. The molecule has 2 aliphatic carbocycles. The first kappa shape index (κ1) is 33.7. The minimum atomic E-state index is -1.31. The van der Waals surface area contributed by atoms with Crippen LogP contribution in [0.3, 0.4) is 0 Å². The second kappa shape index (κ2) is 12.1. The van der Waals surface area contributed by atoms with Crippen molar-refractivity contribution < 1.29 is 33.5 Å². The highest BCUT2D eigenvalue weighted by atomic mass is 35.5. The van der Waals surface area contributed by atoms with Gasteiger partial charge in [0.05, 0.1) is 39.6 Å². The molecule has 1 N–H and O–H groups in total. The first-order chi connectivity index (χ1) is 24.8. The lowest BCUT2D eigenvalue weighted by molar-refractivity contribution is -0.131. The number of carbonyl (C=O) groups excluding carboxylic acids is 5. The van der Waals surface area contributed by atoms with Crippen LogP contribution >= 0.6 is 11.6 Å². The number of phenols is 1. The Balaban J connectivity index is 1.20. The average molecular weight is 717 g/mol. The van der Waals surface area contributed by atoms with E-state index in [1.807, 2.05) is 24.3 Å². The summed E-state index contributed by atoms with van der Waals surface area (Å²) in [5.74, 6) is -6.04. The van der Waals surface area contributed by atoms with Crippen molar-refractivity contribution in [1.82, 2.24) is 0 Å². The summed E-state index contributed by atoms with van der Waals surface area (Å²) in [6.45, 7) is 5.30. The molecule has 262 valence electrons. The zero-order valence-corrected chi connectivity index (χ0v) is 29.4. The molecular formula is C42H34ClFN2O6. The Morgan fingerprint density at radius 1 is 0.808 bits per heavy atom. The second-order valence-electron chi connectivity index (χ2n) is 14.5. The summed E-state index contributed by atoms with van der Waals surface area (Å²) in [6.07, 6.45) is 2.36. The zero-order chi connectivity index (χ0) is 36.8. The van der Waals surface area contributed by atoms with Gasteiger partial charge in [-0.1, -0.05) is 65.7 Å². The summed E-state index contributed by atoms with van der Waals surface area (Å²) < 4.78 is 14.2. The molecule has 10 heteroatoms. The van der Waals surface area contributed by atoms with Crippen LogP contribution in [0.15, 0.2) is 96.6 Å². The van der Waals surface area contributed by atoms with Gasteiger partial charge in [0.25, 0.3) is 0 Å². The number of hydrogen-bond donors (Lipinski definition) is 1. The van der Waals surface area contributed by atoms with Gasteiger partial charge in [-0.15, -0.1) is 0 Å². The number of halogens is 2. The molecule has 8 rings (SSSR count). The normalized spacial score (nSPS) is 26.6. The molecule has 1 saturated carbocycles. The standard InChI is InChI=1S/C42H34ClFN2O6/c1-21-17-25(18-22(2)36(21)47)35-28-14-15-29-34(30(28)20-31-39(50)46(41(52)42(31,35)3)27-13-16-33(44)32(43)19-27)40(51)45(38(29)49)26-11-9-24(10-12-26)37(48)23-7-5-4-6-8-23/h4-14,16-19,29-31,34-35,47H,15,20H2,1-3H3. The number of hydrogen-bond acceptors (Lipinski definition) is 6. The number of fused-ring (bicyclic) bond motifs is 4. The van der Waals surface area contributed by atoms with Crippen LogP contribution in [-0.2, 0) is 19.2 Å². The number of ketones is 1. The van der Waals surface area contributed by atoms with E-state index in [2.05, 4.69) is 0 Å². The van der Waals surface area contributed by atoms with E-state index in [1.54, 1.807) is 69.3 Å². The van der Waals surface area contributed by atoms with Gasteiger partial charge in [0.1, 0.15) is 11.6 Å². The quantitative estimate of drug-likeness (QED) is 0.130. The lowest BCUT2D eigenvalue weighted by Gasteiger charge is -2.49. The van der Waals surface area contributed by atoms with Gasteiger partial charge in [0.15, 0.2) is 5.78 Å². The molecule has 4 aliphatic rings. The van der Waals surface area contributed by atoms with Gasteiger partial charge < -0.3 is 5.11 Å². The molecule has 2 aliphatic heterocycles. The Hall–Kier alpha value is -5.41. The fourth-order valence-corrected chi connectivity index (χ4v) is 9.37. The van der Waals surface area contributed by atoms with E-state index in [0.29, 0.717) is 33.5 Å². The molecule has 6 atom stereocenters. The van der Waals surface area contributed by atoms with Gasteiger partial charge in [-0.25, -0.2) is 9.29 Å². The van der Waals surface area contributed by atoms with E-state index in [9.17, 15) is 33.5 Å². The molecule has 52 heavy (non-hydrogen) atoms. The molecule has 4 aromatic rings. The summed E-state index contributed by atoms with van der Waals surface area (Å²) in [6, 6.07) is 22.6. The predicted octanol–water partition coefficient (Wildman–Crippen LogP) is 7.47. The van der Waals surface area contributed by atoms with Crippen molar-refractivity contribution in [2.45, 2.75) is 39.5 Å². The topological polar surface area (TPSA) is 112 Å². The summed E-state index contributed by atoms with van der Waals surface area (Å²) >= 11 is 6.11. The molecular weight excluding hydrogens is 683 g/mol. The van der Waals surface area contributed by atoms with Gasteiger partial charge in [0, 0.05) is 17.0 Å². The minimum Gasteiger partial charge on any atom is -0.507 e. The molecule has 4 aromatic carbocycles. The van der Waals surface area contributed by atoms with Crippen LogP contribution in [0.5, 0.6) is 5.75 Å². The maximum atomic E-state index is 14.6. The lowest BCUT2D eigenvalue weighted by Crippen LogP contribution is -2.49. The Bertz CT molecular complexity index is 2250. The summed E-state index contributed by atoms with van der Waals surface area (Å²) in [5.41, 5.74) is 2.83. The molecule has 0 radical (unpaired) electrons.